The van der Waals surface area contributed by atoms with Crippen molar-refractivity contribution in [2.45, 2.75) is 20.8 Å². The van der Waals surface area contributed by atoms with Crippen molar-refractivity contribution in [2.24, 2.45) is 0 Å². The molecule has 0 atom stereocenters. The maximum Gasteiger partial charge on any atom is 0.272 e. The Labute approximate surface area is 184 Å². The number of morpholine rings is 1. The van der Waals surface area contributed by atoms with Crippen molar-refractivity contribution in [3.05, 3.63) is 33.3 Å². The second kappa shape index (κ2) is 8.97. The quantitative estimate of drug-likeness (QED) is 0.576. The van der Waals surface area contributed by atoms with Crippen LogP contribution in [0.2, 0.25) is 0 Å². The summed E-state index contributed by atoms with van der Waals surface area (Å²) in [5, 5.41) is 1.59. The molecule has 4 rings (SSSR count). The van der Waals surface area contributed by atoms with Crippen LogP contribution < -0.4 is 9.64 Å². The molecule has 30 heavy (non-hydrogen) atoms. The van der Waals surface area contributed by atoms with E-state index in [1.165, 1.54) is 22.7 Å². The van der Waals surface area contributed by atoms with E-state index < -0.39 is 0 Å². The van der Waals surface area contributed by atoms with E-state index in [1.807, 2.05) is 26.0 Å². The zero-order valence-corrected chi connectivity index (χ0v) is 19.4. The molecule has 1 aliphatic rings. The standard InChI is InChI=1S/C21H26N4O3S2/c1-13-5-6-16(27-4)17-18(13)30-21(23-17)25(8-7-24-9-11-28-12-10-24)20(26)19-14(2)22-15(3)29-19/h5-6H,7-12H2,1-4H3. The topological polar surface area (TPSA) is 67.8 Å². The smallest absolute Gasteiger partial charge is 0.272 e. The van der Waals surface area contributed by atoms with Crippen LogP contribution >= 0.6 is 22.7 Å². The number of hydrogen-bond acceptors (Lipinski definition) is 8. The molecule has 0 radical (unpaired) electrons. The highest BCUT2D eigenvalue weighted by molar-refractivity contribution is 7.22. The van der Waals surface area contributed by atoms with E-state index in [9.17, 15) is 4.79 Å². The van der Waals surface area contributed by atoms with Gasteiger partial charge in [0.2, 0.25) is 0 Å². The van der Waals surface area contributed by atoms with Gasteiger partial charge in [-0.3, -0.25) is 14.6 Å². The Bertz CT molecular complexity index is 1060. The largest absolute Gasteiger partial charge is 0.494 e. The third-order valence-electron chi connectivity index (χ3n) is 5.23. The molecule has 3 aromatic rings. The van der Waals surface area contributed by atoms with Crippen LogP contribution in [-0.4, -0.2) is 67.3 Å². The third-order valence-corrected chi connectivity index (χ3v) is 7.50. The minimum atomic E-state index is -0.0398. The molecule has 0 N–H and O–H groups in total. The number of aryl methyl sites for hydroxylation is 3. The molecular weight excluding hydrogens is 420 g/mol. The van der Waals surface area contributed by atoms with Crippen molar-refractivity contribution in [1.82, 2.24) is 14.9 Å². The number of hydrogen-bond donors (Lipinski definition) is 0. The van der Waals surface area contributed by atoms with Gasteiger partial charge in [-0.25, -0.2) is 9.97 Å². The summed E-state index contributed by atoms with van der Waals surface area (Å²) >= 11 is 2.98. The lowest BCUT2D eigenvalue weighted by Crippen LogP contribution is -2.43. The average Bonchev–Trinajstić information content (AvgIpc) is 3.33. The summed E-state index contributed by atoms with van der Waals surface area (Å²) in [6.07, 6.45) is 0. The fourth-order valence-electron chi connectivity index (χ4n) is 3.58. The molecular formula is C21H26N4O3S2. The van der Waals surface area contributed by atoms with Crippen LogP contribution in [0, 0.1) is 20.8 Å². The summed E-state index contributed by atoms with van der Waals surface area (Å²) in [6, 6.07) is 3.96. The van der Waals surface area contributed by atoms with Gasteiger partial charge in [-0.1, -0.05) is 17.4 Å². The lowest BCUT2D eigenvalue weighted by molar-refractivity contribution is 0.0391. The van der Waals surface area contributed by atoms with E-state index in [-0.39, 0.29) is 5.91 Å². The molecule has 7 nitrogen and oxygen atoms in total. The van der Waals surface area contributed by atoms with Crippen LogP contribution in [0.25, 0.3) is 10.2 Å². The summed E-state index contributed by atoms with van der Waals surface area (Å²) in [5.74, 6) is 0.686. The highest BCUT2D eigenvalue weighted by atomic mass is 32.1. The fraction of sp³-hybridized carbons (Fsp3) is 0.476. The molecule has 0 saturated carbocycles. The first kappa shape index (κ1) is 21.2. The van der Waals surface area contributed by atoms with Gasteiger partial charge in [-0.2, -0.15) is 0 Å². The lowest BCUT2D eigenvalue weighted by atomic mass is 10.2. The second-order valence-electron chi connectivity index (χ2n) is 7.32. The Morgan fingerprint density at radius 3 is 2.63 bits per heavy atom. The van der Waals surface area contributed by atoms with Crippen molar-refractivity contribution >= 4 is 43.9 Å². The SMILES string of the molecule is COc1ccc(C)c2sc(N(CCN3CCOCC3)C(=O)c3sc(C)nc3C)nc12. The van der Waals surface area contributed by atoms with Crippen molar-refractivity contribution < 1.29 is 14.3 Å². The van der Waals surface area contributed by atoms with Gasteiger partial charge in [-0.15, -0.1) is 11.3 Å². The van der Waals surface area contributed by atoms with Gasteiger partial charge < -0.3 is 9.47 Å². The number of anilines is 1. The number of fused-ring (bicyclic) bond motifs is 1. The zero-order chi connectivity index (χ0) is 21.3. The molecule has 1 aromatic carbocycles. The fourth-order valence-corrected chi connectivity index (χ4v) is 5.53. The number of benzene rings is 1. The molecule has 2 aromatic heterocycles. The van der Waals surface area contributed by atoms with Crippen molar-refractivity contribution in [2.75, 3.05) is 51.4 Å². The number of methoxy groups -OCH3 is 1. The van der Waals surface area contributed by atoms with Crippen LogP contribution in [0.5, 0.6) is 5.75 Å². The van der Waals surface area contributed by atoms with E-state index in [0.29, 0.717) is 16.6 Å². The second-order valence-corrected chi connectivity index (χ2v) is 9.50. The van der Waals surface area contributed by atoms with E-state index in [2.05, 4.69) is 16.8 Å². The van der Waals surface area contributed by atoms with Crippen LogP contribution in [0.4, 0.5) is 5.13 Å². The van der Waals surface area contributed by atoms with Gasteiger partial charge in [0, 0.05) is 26.2 Å². The first-order valence-electron chi connectivity index (χ1n) is 9.98. The summed E-state index contributed by atoms with van der Waals surface area (Å²) in [7, 11) is 1.65. The van der Waals surface area contributed by atoms with Gasteiger partial charge in [0.15, 0.2) is 5.13 Å². The highest BCUT2D eigenvalue weighted by Crippen LogP contribution is 2.37. The Kier molecular flexibility index (Phi) is 6.33. The Hall–Kier alpha value is -2.07. The summed E-state index contributed by atoms with van der Waals surface area (Å²) < 4.78 is 12.0. The molecule has 0 aliphatic carbocycles. The van der Waals surface area contributed by atoms with Gasteiger partial charge >= 0.3 is 0 Å². The Morgan fingerprint density at radius 1 is 1.20 bits per heavy atom. The molecule has 0 bridgehead atoms. The van der Waals surface area contributed by atoms with E-state index in [4.69, 9.17) is 14.5 Å². The third kappa shape index (κ3) is 4.20. The van der Waals surface area contributed by atoms with Crippen LogP contribution in [0.3, 0.4) is 0 Å². The van der Waals surface area contributed by atoms with Crippen LogP contribution in [0.1, 0.15) is 25.9 Å². The summed E-state index contributed by atoms with van der Waals surface area (Å²) in [5.41, 5.74) is 2.70. The van der Waals surface area contributed by atoms with Crippen molar-refractivity contribution in [3.8, 4) is 5.75 Å². The predicted molar refractivity (Wildman–Crippen MR) is 121 cm³/mol. The first-order valence-corrected chi connectivity index (χ1v) is 11.6. The van der Waals surface area contributed by atoms with Crippen molar-refractivity contribution in [3.63, 3.8) is 0 Å². The molecule has 1 saturated heterocycles. The molecule has 160 valence electrons. The van der Waals surface area contributed by atoms with Crippen LogP contribution in [0.15, 0.2) is 12.1 Å². The monoisotopic (exact) mass is 446 g/mol. The maximum absolute atomic E-state index is 13.6. The Balaban J connectivity index is 1.70. The van der Waals surface area contributed by atoms with Crippen molar-refractivity contribution in [1.29, 1.82) is 0 Å². The zero-order valence-electron chi connectivity index (χ0n) is 17.7. The first-order chi connectivity index (χ1) is 14.5. The summed E-state index contributed by atoms with van der Waals surface area (Å²) in [4.78, 5) is 27.6. The van der Waals surface area contributed by atoms with E-state index in [1.54, 1.807) is 12.0 Å². The van der Waals surface area contributed by atoms with Gasteiger partial charge in [0.05, 0.1) is 35.7 Å². The minimum absolute atomic E-state index is 0.0398. The number of carbonyl (C=O) groups excluding carboxylic acids is 1. The number of aromatic nitrogens is 2. The number of amides is 1. The highest BCUT2D eigenvalue weighted by Gasteiger charge is 2.26. The minimum Gasteiger partial charge on any atom is -0.494 e. The number of ether oxygens (including phenoxy) is 2. The molecule has 1 amide bonds. The van der Waals surface area contributed by atoms with Crippen LogP contribution in [-0.2, 0) is 4.74 Å². The molecule has 1 fully saturated rings. The van der Waals surface area contributed by atoms with E-state index >= 15 is 0 Å². The lowest BCUT2D eigenvalue weighted by Gasteiger charge is -2.29. The number of nitrogens with zero attached hydrogens (tertiary/aromatic N) is 4. The van der Waals surface area contributed by atoms with Gasteiger partial charge in [0.1, 0.15) is 16.1 Å². The average molecular weight is 447 g/mol. The molecule has 3 heterocycles. The number of carbonyl (C=O) groups is 1. The normalized spacial score (nSPS) is 14.9. The number of thiazole rings is 2. The molecule has 9 heteroatoms. The number of rotatable bonds is 6. The van der Waals surface area contributed by atoms with Gasteiger partial charge in [0.25, 0.3) is 5.91 Å². The van der Waals surface area contributed by atoms with E-state index in [0.717, 1.165) is 65.1 Å². The molecule has 1 aliphatic heterocycles. The molecule has 0 spiro atoms. The van der Waals surface area contributed by atoms with Gasteiger partial charge in [-0.05, 0) is 32.4 Å². The molecule has 0 unspecified atom stereocenters. The predicted octanol–water partition coefficient (Wildman–Crippen LogP) is 3.67. The Morgan fingerprint density at radius 2 is 1.97 bits per heavy atom. The maximum atomic E-state index is 13.6. The summed E-state index contributed by atoms with van der Waals surface area (Å²) in [6.45, 7) is 10.5.